The largest absolute Gasteiger partial charge is 0.373 e. The number of halogens is 3. The minimum Gasteiger partial charge on any atom is -0.373 e. The quantitative estimate of drug-likeness (QED) is 0.781. The van der Waals surface area contributed by atoms with Crippen molar-refractivity contribution in [3.63, 3.8) is 0 Å². The van der Waals surface area contributed by atoms with E-state index in [2.05, 4.69) is 0 Å². The Hall–Kier alpha value is -1.12. The number of rotatable bonds is 2. The molecule has 8 heteroatoms. The van der Waals surface area contributed by atoms with Gasteiger partial charge in [-0.1, -0.05) is 0 Å². The van der Waals surface area contributed by atoms with Crippen molar-refractivity contribution < 1.29 is 26.3 Å². The van der Waals surface area contributed by atoms with Crippen LogP contribution >= 0.6 is 0 Å². The molecule has 0 aliphatic carbocycles. The summed E-state index contributed by atoms with van der Waals surface area (Å²) in [7, 11) is -4.18. The highest BCUT2D eigenvalue weighted by Gasteiger charge is 2.48. The normalized spacial score (nSPS) is 26.9. The standard InChI is InChI=1S/C12H12F3NO3S/c13-8-1-2-9(11(15)10(8)14)20(17,18)16-5-3-12(7-16)4-6-19-12/h1-2H,3-7H2. The topological polar surface area (TPSA) is 46.6 Å². The third-order valence-corrected chi connectivity index (χ3v) is 5.73. The Kier molecular flexibility index (Phi) is 3.07. The fourth-order valence-corrected chi connectivity index (χ4v) is 4.14. The van der Waals surface area contributed by atoms with Crippen LogP contribution in [-0.2, 0) is 14.8 Å². The van der Waals surface area contributed by atoms with Crippen molar-refractivity contribution in [2.24, 2.45) is 0 Å². The molecular formula is C12H12F3NO3S. The molecule has 0 radical (unpaired) electrons. The molecule has 1 aromatic carbocycles. The van der Waals surface area contributed by atoms with Crippen molar-refractivity contribution in [2.45, 2.75) is 23.3 Å². The molecule has 2 heterocycles. The molecule has 2 saturated heterocycles. The highest BCUT2D eigenvalue weighted by atomic mass is 32.2. The third kappa shape index (κ3) is 1.94. The Bertz CT molecular complexity index is 658. The number of sulfonamides is 1. The number of ether oxygens (including phenoxy) is 1. The van der Waals surface area contributed by atoms with E-state index in [1.54, 1.807) is 0 Å². The van der Waals surface area contributed by atoms with Crippen molar-refractivity contribution in [3.05, 3.63) is 29.6 Å². The molecule has 0 amide bonds. The summed E-state index contributed by atoms with van der Waals surface area (Å²) in [6.07, 6.45) is 1.27. The fraction of sp³-hybridized carbons (Fsp3) is 0.500. The van der Waals surface area contributed by atoms with Crippen LogP contribution in [0.3, 0.4) is 0 Å². The van der Waals surface area contributed by atoms with E-state index in [4.69, 9.17) is 4.74 Å². The first-order valence-corrected chi connectivity index (χ1v) is 7.57. The molecule has 2 fully saturated rings. The van der Waals surface area contributed by atoms with Gasteiger partial charge in [-0.3, -0.25) is 0 Å². The van der Waals surface area contributed by atoms with Gasteiger partial charge in [0.2, 0.25) is 10.0 Å². The molecule has 3 rings (SSSR count). The van der Waals surface area contributed by atoms with Crippen molar-refractivity contribution >= 4 is 10.0 Å². The predicted molar refractivity (Wildman–Crippen MR) is 63.0 cm³/mol. The molecule has 0 N–H and O–H groups in total. The monoisotopic (exact) mass is 307 g/mol. The van der Waals surface area contributed by atoms with Crippen LogP contribution in [0.25, 0.3) is 0 Å². The second-order valence-corrected chi connectivity index (χ2v) is 6.95. The summed E-state index contributed by atoms with van der Waals surface area (Å²) < 4.78 is 70.7. The first-order chi connectivity index (χ1) is 9.36. The Morgan fingerprint density at radius 2 is 1.85 bits per heavy atom. The first-order valence-electron chi connectivity index (χ1n) is 6.13. The van der Waals surface area contributed by atoms with Gasteiger partial charge in [-0.25, -0.2) is 21.6 Å². The molecule has 1 unspecified atom stereocenters. The van der Waals surface area contributed by atoms with E-state index in [0.717, 1.165) is 16.8 Å². The van der Waals surface area contributed by atoms with Crippen LogP contribution in [0.1, 0.15) is 12.8 Å². The van der Waals surface area contributed by atoms with Gasteiger partial charge in [0.1, 0.15) is 4.90 Å². The molecule has 2 aliphatic heterocycles. The molecule has 1 atom stereocenters. The van der Waals surface area contributed by atoms with E-state index in [-0.39, 0.29) is 13.1 Å². The van der Waals surface area contributed by atoms with E-state index in [1.165, 1.54) is 0 Å². The Morgan fingerprint density at radius 3 is 2.40 bits per heavy atom. The molecule has 2 aliphatic rings. The van der Waals surface area contributed by atoms with Crippen LogP contribution in [0.5, 0.6) is 0 Å². The molecule has 0 aromatic heterocycles. The van der Waals surface area contributed by atoms with Crippen molar-refractivity contribution in [2.75, 3.05) is 19.7 Å². The van der Waals surface area contributed by atoms with E-state index < -0.39 is 38.0 Å². The number of hydrogen-bond donors (Lipinski definition) is 0. The summed E-state index contributed by atoms with van der Waals surface area (Å²) in [5.74, 6) is -4.87. The van der Waals surface area contributed by atoms with Gasteiger partial charge in [-0.15, -0.1) is 0 Å². The molecule has 4 nitrogen and oxygen atoms in total. The minimum absolute atomic E-state index is 0.119. The van der Waals surface area contributed by atoms with Crippen LogP contribution < -0.4 is 0 Å². The SMILES string of the molecule is O=S(=O)(c1ccc(F)c(F)c1F)N1CCC2(CCO2)C1. The zero-order valence-corrected chi connectivity index (χ0v) is 11.2. The summed E-state index contributed by atoms with van der Waals surface area (Å²) in [5.41, 5.74) is -0.484. The van der Waals surface area contributed by atoms with E-state index in [0.29, 0.717) is 19.1 Å². The van der Waals surface area contributed by atoms with Gasteiger partial charge in [0.15, 0.2) is 17.5 Å². The Balaban J connectivity index is 1.95. The van der Waals surface area contributed by atoms with Crippen LogP contribution in [0.15, 0.2) is 17.0 Å². The average Bonchev–Trinajstić information content (AvgIpc) is 2.81. The summed E-state index contributed by atoms with van der Waals surface area (Å²) in [6, 6.07) is 1.35. The first kappa shape index (κ1) is 13.8. The minimum atomic E-state index is -4.18. The molecule has 1 spiro atoms. The van der Waals surface area contributed by atoms with Gasteiger partial charge in [0.05, 0.1) is 12.2 Å². The third-order valence-electron chi connectivity index (χ3n) is 3.86. The molecule has 1 aromatic rings. The maximum atomic E-state index is 13.6. The van der Waals surface area contributed by atoms with Crippen LogP contribution in [0.2, 0.25) is 0 Å². The van der Waals surface area contributed by atoms with Crippen LogP contribution in [0.4, 0.5) is 13.2 Å². The molecular weight excluding hydrogens is 295 g/mol. The lowest BCUT2D eigenvalue weighted by Gasteiger charge is -2.38. The van der Waals surface area contributed by atoms with Gasteiger partial charge < -0.3 is 4.74 Å². The smallest absolute Gasteiger partial charge is 0.246 e. The van der Waals surface area contributed by atoms with E-state index >= 15 is 0 Å². The molecule has 110 valence electrons. The molecule has 0 saturated carbocycles. The van der Waals surface area contributed by atoms with Gasteiger partial charge in [-0.2, -0.15) is 4.31 Å². The molecule has 20 heavy (non-hydrogen) atoms. The zero-order chi connectivity index (χ0) is 14.5. The average molecular weight is 307 g/mol. The number of hydrogen-bond acceptors (Lipinski definition) is 3. The highest BCUT2D eigenvalue weighted by molar-refractivity contribution is 7.89. The number of benzene rings is 1. The Labute approximate surface area is 114 Å². The van der Waals surface area contributed by atoms with Crippen LogP contribution in [0, 0.1) is 17.5 Å². The van der Waals surface area contributed by atoms with E-state index in [9.17, 15) is 21.6 Å². The summed E-state index contributed by atoms with van der Waals surface area (Å²) in [6.45, 7) is 0.877. The summed E-state index contributed by atoms with van der Waals surface area (Å²) in [4.78, 5) is -0.840. The lowest BCUT2D eigenvalue weighted by Crippen LogP contribution is -2.46. The van der Waals surface area contributed by atoms with Gasteiger partial charge in [0, 0.05) is 19.5 Å². The second kappa shape index (κ2) is 4.44. The lowest BCUT2D eigenvalue weighted by atomic mass is 9.94. The van der Waals surface area contributed by atoms with E-state index in [1.807, 2.05) is 0 Å². The zero-order valence-electron chi connectivity index (χ0n) is 10.4. The van der Waals surface area contributed by atoms with Crippen molar-refractivity contribution in [1.82, 2.24) is 4.31 Å². The Morgan fingerprint density at radius 1 is 1.15 bits per heavy atom. The number of nitrogens with zero attached hydrogens (tertiary/aromatic N) is 1. The fourth-order valence-electron chi connectivity index (χ4n) is 2.57. The van der Waals surface area contributed by atoms with Crippen molar-refractivity contribution in [3.8, 4) is 0 Å². The lowest BCUT2D eigenvalue weighted by molar-refractivity contribution is -0.134. The van der Waals surface area contributed by atoms with Gasteiger partial charge in [0.25, 0.3) is 0 Å². The predicted octanol–water partition coefficient (Wildman–Crippen LogP) is 1.66. The second-order valence-electron chi connectivity index (χ2n) is 5.04. The summed E-state index contributed by atoms with van der Waals surface area (Å²) in [5, 5.41) is 0. The van der Waals surface area contributed by atoms with Crippen molar-refractivity contribution in [1.29, 1.82) is 0 Å². The molecule has 0 bridgehead atoms. The van der Waals surface area contributed by atoms with Gasteiger partial charge >= 0.3 is 0 Å². The van der Waals surface area contributed by atoms with Crippen LogP contribution in [-0.4, -0.2) is 38.0 Å². The highest BCUT2D eigenvalue weighted by Crippen LogP contribution is 2.38. The maximum absolute atomic E-state index is 13.6. The maximum Gasteiger partial charge on any atom is 0.246 e. The summed E-state index contributed by atoms with van der Waals surface area (Å²) >= 11 is 0. The van der Waals surface area contributed by atoms with Gasteiger partial charge in [-0.05, 0) is 18.6 Å².